The Hall–Kier alpha value is -6.89. The predicted octanol–water partition coefficient (Wildman–Crippen LogP) is 11.8. The fourth-order valence-corrected chi connectivity index (χ4v) is 6.67. The molecule has 0 radical (unpaired) electrons. The molecule has 7 aromatic carbocycles. The third kappa shape index (κ3) is 5.56. The van der Waals surface area contributed by atoms with Gasteiger partial charge in [0.15, 0.2) is 5.82 Å². The van der Waals surface area contributed by atoms with Crippen LogP contribution in [-0.4, -0.2) is 15.0 Å². The maximum atomic E-state index is 5.14. The molecule has 9 aromatic rings. The van der Waals surface area contributed by atoms with E-state index < -0.39 is 0 Å². The first-order valence-electron chi connectivity index (χ1n) is 16.7. The minimum absolute atomic E-state index is 0.677. The quantitative estimate of drug-likeness (QED) is 0.182. The van der Waals surface area contributed by atoms with Crippen molar-refractivity contribution in [2.24, 2.45) is 0 Å². The van der Waals surface area contributed by atoms with E-state index >= 15 is 0 Å². The summed E-state index contributed by atoms with van der Waals surface area (Å²) in [5.41, 5.74) is 11.6. The van der Waals surface area contributed by atoms with Crippen LogP contribution in [0.25, 0.3) is 88.8 Å². The Kier molecular flexibility index (Phi) is 7.38. The number of rotatable bonds is 6. The predicted molar refractivity (Wildman–Crippen MR) is 205 cm³/mol. The first-order valence-corrected chi connectivity index (χ1v) is 16.7. The summed E-state index contributed by atoms with van der Waals surface area (Å²) >= 11 is 0. The van der Waals surface area contributed by atoms with Gasteiger partial charge in [0.1, 0.15) is 0 Å². The lowest BCUT2D eigenvalue weighted by atomic mass is 9.96. The van der Waals surface area contributed by atoms with Crippen molar-refractivity contribution in [2.45, 2.75) is 0 Å². The van der Waals surface area contributed by atoms with Gasteiger partial charge in [-0.2, -0.15) is 0 Å². The van der Waals surface area contributed by atoms with Gasteiger partial charge in [-0.3, -0.25) is 4.98 Å². The maximum Gasteiger partial charge on any atom is 0.160 e. The molecule has 0 bridgehead atoms. The van der Waals surface area contributed by atoms with Gasteiger partial charge in [0.2, 0.25) is 0 Å². The standard InChI is InChI=1S/C47H29N3/c1-3-13-41-33(8-1)10-5-15-43(41)35-19-25-38(26-20-35)46-30-45(37-23-17-32(18-24-37)40-12-7-29-48-31-40)49-47(50-46)39-27-21-36(22-28-39)44-16-6-11-34-9-2-4-14-42(34)44/h1-3,5-13,15-31H. The molecule has 0 aliphatic heterocycles. The summed E-state index contributed by atoms with van der Waals surface area (Å²) in [6, 6.07) is 63.5. The van der Waals surface area contributed by atoms with Gasteiger partial charge >= 0.3 is 0 Å². The highest BCUT2D eigenvalue weighted by molar-refractivity contribution is 5.97. The molecule has 0 N–H and O–H groups in total. The molecule has 0 fully saturated rings. The number of aromatic nitrogens is 3. The van der Waals surface area contributed by atoms with Gasteiger partial charge in [0.05, 0.1) is 11.4 Å². The van der Waals surface area contributed by atoms with E-state index in [1.165, 1.54) is 21.9 Å². The van der Waals surface area contributed by atoms with Crippen molar-refractivity contribution in [3.63, 3.8) is 0 Å². The Morgan fingerprint density at radius 2 is 1.02 bits per heavy atom. The molecular formula is C47H29N3. The second kappa shape index (κ2) is 12.6. The Morgan fingerprint density at radius 3 is 1.74 bits per heavy atom. The van der Waals surface area contributed by atoms with Crippen LogP contribution in [-0.2, 0) is 0 Å². The zero-order chi connectivity index (χ0) is 33.3. The van der Waals surface area contributed by atoms with Gasteiger partial charge in [0.25, 0.3) is 0 Å². The average Bonchev–Trinajstić information content (AvgIpc) is 3.21. The third-order valence-corrected chi connectivity index (χ3v) is 9.28. The highest BCUT2D eigenvalue weighted by Gasteiger charge is 2.13. The molecule has 232 valence electrons. The van der Waals surface area contributed by atoms with E-state index in [0.29, 0.717) is 5.82 Å². The fourth-order valence-electron chi connectivity index (χ4n) is 6.67. The maximum absolute atomic E-state index is 5.14. The van der Waals surface area contributed by atoms with Gasteiger partial charge in [-0.05, 0) is 73.8 Å². The fraction of sp³-hybridized carbons (Fsp3) is 0. The molecule has 0 unspecified atom stereocenters. The van der Waals surface area contributed by atoms with Crippen LogP contribution in [0.3, 0.4) is 0 Å². The first-order chi connectivity index (χ1) is 24.8. The van der Waals surface area contributed by atoms with Crippen molar-refractivity contribution in [1.29, 1.82) is 0 Å². The molecule has 0 amide bonds. The van der Waals surface area contributed by atoms with Crippen molar-refractivity contribution in [3.8, 4) is 67.3 Å². The van der Waals surface area contributed by atoms with E-state index in [-0.39, 0.29) is 0 Å². The number of nitrogens with zero attached hydrogens (tertiary/aromatic N) is 3. The van der Waals surface area contributed by atoms with E-state index in [2.05, 4.69) is 169 Å². The minimum Gasteiger partial charge on any atom is -0.264 e. The number of fused-ring (bicyclic) bond motifs is 2. The second-order valence-corrected chi connectivity index (χ2v) is 12.3. The Balaban J connectivity index is 1.12. The molecule has 0 aliphatic rings. The van der Waals surface area contributed by atoms with E-state index in [1.54, 1.807) is 6.20 Å². The summed E-state index contributed by atoms with van der Waals surface area (Å²) in [7, 11) is 0. The summed E-state index contributed by atoms with van der Waals surface area (Å²) in [6.07, 6.45) is 3.68. The normalized spacial score (nSPS) is 11.0. The molecule has 2 heterocycles. The highest BCUT2D eigenvalue weighted by Crippen LogP contribution is 2.34. The van der Waals surface area contributed by atoms with Crippen molar-refractivity contribution < 1.29 is 0 Å². The summed E-state index contributed by atoms with van der Waals surface area (Å²) < 4.78 is 0. The van der Waals surface area contributed by atoms with Crippen LogP contribution in [0.1, 0.15) is 0 Å². The lowest BCUT2D eigenvalue weighted by Gasteiger charge is -2.12. The third-order valence-electron chi connectivity index (χ3n) is 9.28. The van der Waals surface area contributed by atoms with Gasteiger partial charge in [0, 0.05) is 34.5 Å². The number of hydrogen-bond donors (Lipinski definition) is 0. The number of pyridine rings is 1. The van der Waals surface area contributed by atoms with Crippen LogP contribution in [0.2, 0.25) is 0 Å². The topological polar surface area (TPSA) is 38.7 Å². The van der Waals surface area contributed by atoms with Gasteiger partial charge in [-0.1, -0.05) is 152 Å². The number of hydrogen-bond acceptors (Lipinski definition) is 3. The van der Waals surface area contributed by atoms with Crippen LogP contribution in [0, 0.1) is 12.1 Å². The van der Waals surface area contributed by atoms with E-state index in [9.17, 15) is 0 Å². The molecular weight excluding hydrogens is 607 g/mol. The zero-order valence-corrected chi connectivity index (χ0v) is 27.1. The Morgan fingerprint density at radius 1 is 0.420 bits per heavy atom. The van der Waals surface area contributed by atoms with Gasteiger partial charge in [-0.25, -0.2) is 9.97 Å². The second-order valence-electron chi connectivity index (χ2n) is 12.3. The van der Waals surface area contributed by atoms with Crippen LogP contribution in [0.15, 0.2) is 176 Å². The zero-order valence-electron chi connectivity index (χ0n) is 27.1. The van der Waals surface area contributed by atoms with Gasteiger partial charge < -0.3 is 0 Å². The molecule has 0 saturated carbocycles. The molecule has 9 rings (SSSR count). The van der Waals surface area contributed by atoms with Crippen LogP contribution < -0.4 is 0 Å². The number of benzene rings is 6. The minimum atomic E-state index is 0.677. The van der Waals surface area contributed by atoms with Crippen LogP contribution in [0.5, 0.6) is 0 Å². The summed E-state index contributed by atoms with van der Waals surface area (Å²) in [4.78, 5) is 14.5. The molecule has 3 heteroatoms. The lowest BCUT2D eigenvalue weighted by Crippen LogP contribution is -1.96. The lowest BCUT2D eigenvalue weighted by molar-refractivity contribution is 1.18. The van der Waals surface area contributed by atoms with E-state index in [1.807, 2.05) is 18.3 Å². The Labute approximate surface area is 291 Å². The molecule has 0 saturated heterocycles. The summed E-state index contributed by atoms with van der Waals surface area (Å²) in [5.74, 6) is 0.677. The van der Waals surface area contributed by atoms with Gasteiger partial charge in [-0.15, -0.1) is 0 Å². The smallest absolute Gasteiger partial charge is 0.160 e. The monoisotopic (exact) mass is 635 g/mol. The molecule has 0 aliphatic carbocycles. The van der Waals surface area contributed by atoms with Crippen LogP contribution in [0.4, 0.5) is 0 Å². The Bertz CT molecular complexity index is 2460. The summed E-state index contributed by atoms with van der Waals surface area (Å²) in [6.45, 7) is 0. The van der Waals surface area contributed by atoms with E-state index in [0.717, 1.165) is 61.1 Å². The molecule has 50 heavy (non-hydrogen) atoms. The molecule has 0 spiro atoms. The molecule has 3 nitrogen and oxygen atoms in total. The van der Waals surface area contributed by atoms with Crippen molar-refractivity contribution in [3.05, 3.63) is 188 Å². The largest absolute Gasteiger partial charge is 0.264 e. The summed E-state index contributed by atoms with van der Waals surface area (Å²) in [5, 5.41) is 4.68. The van der Waals surface area contributed by atoms with Crippen molar-refractivity contribution in [1.82, 2.24) is 15.0 Å². The molecule has 2 aromatic heterocycles. The first kappa shape index (κ1) is 29.3. The van der Waals surface area contributed by atoms with E-state index in [4.69, 9.17) is 9.97 Å². The van der Waals surface area contributed by atoms with Crippen LogP contribution >= 0.6 is 0 Å². The average molecular weight is 636 g/mol. The molecule has 0 atom stereocenters. The highest BCUT2D eigenvalue weighted by atomic mass is 14.9. The van der Waals surface area contributed by atoms with Crippen molar-refractivity contribution >= 4 is 21.5 Å². The van der Waals surface area contributed by atoms with Crippen molar-refractivity contribution in [2.75, 3.05) is 0 Å². The SMILES string of the molecule is c1ccc2cccc(-c3ccc(-c4nc(-c5ccc(-c6cccnc6)cc5)cc(-c5ccc(-c6cccc7ccccc67)cc5)n4)cc3)c2c#1.